The number of hydrogen-bond donors (Lipinski definition) is 2. The number of carbonyl (C=O) groups is 1. The minimum atomic E-state index is -0.945. The lowest BCUT2D eigenvalue weighted by molar-refractivity contribution is 0.0697. The van der Waals surface area contributed by atoms with Crippen molar-refractivity contribution in [3.05, 3.63) is 22.9 Å². The van der Waals surface area contributed by atoms with E-state index in [-0.39, 0.29) is 11.6 Å². The molecule has 1 atom stereocenters. The molecule has 1 aromatic heterocycles. The van der Waals surface area contributed by atoms with Crippen LogP contribution in [-0.2, 0) is 0 Å². The topological polar surface area (TPSA) is 65.5 Å². The van der Waals surface area contributed by atoms with Crippen molar-refractivity contribution < 1.29 is 9.90 Å². The van der Waals surface area contributed by atoms with Gasteiger partial charge in [0.2, 0.25) is 0 Å². The van der Waals surface area contributed by atoms with E-state index in [1.54, 1.807) is 13.0 Å². The summed E-state index contributed by atoms with van der Waals surface area (Å²) in [5.74, 6) is -0.492. The Balaban J connectivity index is 3.03. The van der Waals surface area contributed by atoms with Crippen LogP contribution in [0.3, 0.4) is 0 Å². The number of aromatic nitrogens is 1. The zero-order chi connectivity index (χ0) is 13.9. The highest BCUT2D eigenvalue weighted by molar-refractivity contribution is 5.94. The quantitative estimate of drug-likeness (QED) is 0.834. The third kappa shape index (κ3) is 3.70. The van der Waals surface area contributed by atoms with Gasteiger partial charge in [0.15, 0.2) is 0 Å². The molecular weight excluding hydrogens is 230 g/mol. The molecule has 5 nitrogen and oxygen atoms in total. The van der Waals surface area contributed by atoms with E-state index in [0.717, 1.165) is 17.8 Å². The van der Waals surface area contributed by atoms with Gasteiger partial charge in [0.1, 0.15) is 11.4 Å². The molecule has 1 unspecified atom stereocenters. The number of carboxylic acid groups (broad SMARTS) is 1. The van der Waals surface area contributed by atoms with Crippen LogP contribution in [0.2, 0.25) is 0 Å². The summed E-state index contributed by atoms with van der Waals surface area (Å²) >= 11 is 0. The lowest BCUT2D eigenvalue weighted by atomic mass is 10.1. The van der Waals surface area contributed by atoms with Crippen molar-refractivity contribution >= 4 is 11.8 Å². The molecule has 0 radical (unpaired) electrons. The standard InChI is InChI=1S/C13H21N3O2/c1-8-6-9(2)14-12(11(8)13(17)18)15-10(3)7-16(4)5/h6,10H,7H2,1-5H3,(H,14,15)(H,17,18). The molecule has 0 saturated heterocycles. The minimum absolute atomic E-state index is 0.131. The maximum absolute atomic E-state index is 11.3. The van der Waals surface area contributed by atoms with Gasteiger partial charge in [0, 0.05) is 18.3 Å². The highest BCUT2D eigenvalue weighted by atomic mass is 16.4. The summed E-state index contributed by atoms with van der Waals surface area (Å²) in [5.41, 5.74) is 1.80. The maximum Gasteiger partial charge on any atom is 0.339 e. The second kappa shape index (κ2) is 5.82. The summed E-state index contributed by atoms with van der Waals surface area (Å²) in [6.07, 6.45) is 0. The van der Waals surface area contributed by atoms with E-state index < -0.39 is 5.97 Å². The Hall–Kier alpha value is -1.62. The van der Waals surface area contributed by atoms with Gasteiger partial charge in [-0.15, -0.1) is 0 Å². The summed E-state index contributed by atoms with van der Waals surface area (Å²) in [7, 11) is 3.95. The molecule has 1 aromatic rings. The number of hydrogen-bond acceptors (Lipinski definition) is 4. The minimum Gasteiger partial charge on any atom is -0.478 e. The van der Waals surface area contributed by atoms with Crippen LogP contribution in [0.25, 0.3) is 0 Å². The Bertz CT molecular complexity index is 444. The van der Waals surface area contributed by atoms with Gasteiger partial charge in [0.05, 0.1) is 0 Å². The Kier molecular flexibility index (Phi) is 4.67. The molecule has 1 heterocycles. The first-order valence-corrected chi connectivity index (χ1v) is 5.94. The molecule has 0 aliphatic carbocycles. The van der Waals surface area contributed by atoms with Crippen molar-refractivity contribution in [2.24, 2.45) is 0 Å². The van der Waals surface area contributed by atoms with Crippen LogP contribution in [-0.4, -0.2) is 47.6 Å². The molecule has 18 heavy (non-hydrogen) atoms. The van der Waals surface area contributed by atoms with Crippen LogP contribution >= 0.6 is 0 Å². The molecule has 0 fully saturated rings. The first-order chi connectivity index (χ1) is 8.31. The number of likely N-dealkylation sites (N-methyl/N-ethyl adjacent to an activating group) is 1. The number of pyridine rings is 1. The predicted octanol–water partition coefficient (Wildman–Crippen LogP) is 1.76. The predicted molar refractivity (Wildman–Crippen MR) is 72.3 cm³/mol. The lowest BCUT2D eigenvalue weighted by Crippen LogP contribution is -2.30. The third-order valence-corrected chi connectivity index (χ3v) is 2.58. The molecule has 0 aliphatic rings. The van der Waals surface area contributed by atoms with Crippen molar-refractivity contribution in [2.45, 2.75) is 26.8 Å². The monoisotopic (exact) mass is 251 g/mol. The van der Waals surface area contributed by atoms with Crippen molar-refractivity contribution in [3.8, 4) is 0 Å². The van der Waals surface area contributed by atoms with Crippen molar-refractivity contribution in [3.63, 3.8) is 0 Å². The molecule has 0 aromatic carbocycles. The first-order valence-electron chi connectivity index (χ1n) is 5.94. The van der Waals surface area contributed by atoms with Gasteiger partial charge < -0.3 is 15.3 Å². The Morgan fingerprint density at radius 2 is 2.11 bits per heavy atom. The smallest absolute Gasteiger partial charge is 0.339 e. The van der Waals surface area contributed by atoms with Crippen molar-refractivity contribution in [2.75, 3.05) is 26.0 Å². The number of nitrogens with one attached hydrogen (secondary N) is 1. The number of nitrogens with zero attached hydrogens (tertiary/aromatic N) is 2. The van der Waals surface area contributed by atoms with Gasteiger partial charge in [-0.05, 0) is 46.5 Å². The van der Waals surface area contributed by atoms with E-state index in [1.807, 2.05) is 32.8 Å². The number of carboxylic acids is 1. The first kappa shape index (κ1) is 14.4. The van der Waals surface area contributed by atoms with Crippen LogP contribution in [0.5, 0.6) is 0 Å². The lowest BCUT2D eigenvalue weighted by Gasteiger charge is -2.20. The summed E-state index contributed by atoms with van der Waals surface area (Å²) < 4.78 is 0. The molecule has 0 bridgehead atoms. The molecule has 2 N–H and O–H groups in total. The molecule has 5 heteroatoms. The molecule has 0 saturated carbocycles. The van der Waals surface area contributed by atoms with Gasteiger partial charge in [-0.2, -0.15) is 0 Å². The van der Waals surface area contributed by atoms with Crippen LogP contribution in [0.1, 0.15) is 28.5 Å². The summed E-state index contributed by atoms with van der Waals surface area (Å²) in [4.78, 5) is 17.6. The van der Waals surface area contributed by atoms with E-state index in [9.17, 15) is 9.90 Å². The fraction of sp³-hybridized carbons (Fsp3) is 0.538. The highest BCUT2D eigenvalue weighted by Crippen LogP contribution is 2.19. The normalized spacial score (nSPS) is 12.6. The summed E-state index contributed by atoms with van der Waals surface area (Å²) in [5, 5.41) is 12.4. The Morgan fingerprint density at radius 1 is 1.50 bits per heavy atom. The van der Waals surface area contributed by atoms with Gasteiger partial charge >= 0.3 is 5.97 Å². The largest absolute Gasteiger partial charge is 0.478 e. The van der Waals surface area contributed by atoms with Gasteiger partial charge in [-0.1, -0.05) is 0 Å². The molecule has 0 amide bonds. The second-order valence-corrected chi connectivity index (χ2v) is 4.92. The maximum atomic E-state index is 11.3. The highest BCUT2D eigenvalue weighted by Gasteiger charge is 2.17. The van der Waals surface area contributed by atoms with E-state index in [0.29, 0.717) is 5.82 Å². The number of aromatic carboxylic acids is 1. The summed E-state index contributed by atoms with van der Waals surface area (Å²) in [6.45, 7) is 6.47. The van der Waals surface area contributed by atoms with Crippen LogP contribution in [0.4, 0.5) is 5.82 Å². The summed E-state index contributed by atoms with van der Waals surface area (Å²) in [6, 6.07) is 1.91. The zero-order valence-electron chi connectivity index (χ0n) is 11.6. The molecule has 100 valence electrons. The van der Waals surface area contributed by atoms with Gasteiger partial charge in [-0.25, -0.2) is 9.78 Å². The van der Waals surface area contributed by atoms with E-state index >= 15 is 0 Å². The SMILES string of the molecule is Cc1cc(C)c(C(=O)O)c(NC(C)CN(C)C)n1. The third-order valence-electron chi connectivity index (χ3n) is 2.58. The van der Waals surface area contributed by atoms with Gasteiger partial charge in [0.25, 0.3) is 0 Å². The molecule has 1 rings (SSSR count). The molecule has 0 spiro atoms. The number of rotatable bonds is 5. The fourth-order valence-electron chi connectivity index (χ4n) is 2.04. The van der Waals surface area contributed by atoms with Crippen molar-refractivity contribution in [1.82, 2.24) is 9.88 Å². The van der Waals surface area contributed by atoms with Crippen LogP contribution in [0.15, 0.2) is 6.07 Å². The van der Waals surface area contributed by atoms with Crippen molar-refractivity contribution in [1.29, 1.82) is 0 Å². The van der Waals surface area contributed by atoms with E-state index in [4.69, 9.17) is 0 Å². The Labute approximate surface area is 108 Å². The van der Waals surface area contributed by atoms with Crippen LogP contribution in [0, 0.1) is 13.8 Å². The van der Waals surface area contributed by atoms with Crippen LogP contribution < -0.4 is 5.32 Å². The average molecular weight is 251 g/mol. The fourth-order valence-corrected chi connectivity index (χ4v) is 2.04. The Morgan fingerprint density at radius 3 is 2.61 bits per heavy atom. The second-order valence-electron chi connectivity index (χ2n) is 4.92. The van der Waals surface area contributed by atoms with Gasteiger partial charge in [-0.3, -0.25) is 0 Å². The molecular formula is C13H21N3O2. The number of aryl methyl sites for hydroxylation is 2. The molecule has 0 aliphatic heterocycles. The zero-order valence-corrected chi connectivity index (χ0v) is 11.6. The average Bonchev–Trinajstić information content (AvgIpc) is 2.12. The van der Waals surface area contributed by atoms with E-state index in [1.165, 1.54) is 0 Å². The number of anilines is 1. The van der Waals surface area contributed by atoms with E-state index in [2.05, 4.69) is 10.3 Å².